The number of nitrogens with zero attached hydrogens (tertiary/aromatic N) is 4. The van der Waals surface area contributed by atoms with Gasteiger partial charge in [0.2, 0.25) is 5.91 Å². The smallest absolute Gasteiger partial charge is 0.225 e. The van der Waals surface area contributed by atoms with E-state index < -0.39 is 0 Å². The average Bonchev–Trinajstić information content (AvgIpc) is 3.22. The number of amides is 1. The molecule has 1 aliphatic carbocycles. The van der Waals surface area contributed by atoms with Gasteiger partial charge in [-0.25, -0.2) is 0 Å². The van der Waals surface area contributed by atoms with E-state index in [2.05, 4.69) is 51.2 Å². The molecule has 1 saturated carbocycles. The summed E-state index contributed by atoms with van der Waals surface area (Å²) in [4.78, 5) is 24.4. The fraction of sp³-hybridized carbons (Fsp3) is 0.913. The van der Waals surface area contributed by atoms with Gasteiger partial charge in [-0.2, -0.15) is 0 Å². The molecule has 0 aromatic carbocycles. The van der Waals surface area contributed by atoms with Gasteiger partial charge in [0.05, 0.1) is 0 Å². The predicted molar refractivity (Wildman–Crippen MR) is 139 cm³/mol. The molecule has 2 unspecified atom stereocenters. The van der Waals surface area contributed by atoms with Crippen LogP contribution in [0.4, 0.5) is 0 Å². The molecule has 3 rings (SSSR count). The first-order chi connectivity index (χ1) is 14.5. The van der Waals surface area contributed by atoms with Crippen LogP contribution in [0.5, 0.6) is 0 Å². The van der Waals surface area contributed by atoms with Crippen LogP contribution >= 0.6 is 24.0 Å². The molecule has 3 aliphatic rings. The van der Waals surface area contributed by atoms with Crippen molar-refractivity contribution in [3.8, 4) is 0 Å². The van der Waals surface area contributed by atoms with Crippen molar-refractivity contribution in [1.82, 2.24) is 25.3 Å². The highest BCUT2D eigenvalue weighted by Gasteiger charge is 2.32. The fourth-order valence-corrected chi connectivity index (χ4v) is 5.22. The average molecular weight is 549 g/mol. The third-order valence-electron chi connectivity index (χ3n) is 7.27. The second kappa shape index (κ2) is 13.2. The summed E-state index contributed by atoms with van der Waals surface area (Å²) >= 11 is 0. The maximum Gasteiger partial charge on any atom is 0.225 e. The first kappa shape index (κ1) is 26.6. The molecule has 0 aromatic heterocycles. The third-order valence-corrected chi connectivity index (χ3v) is 7.27. The number of carbonyl (C=O) groups is 1. The molecule has 2 aliphatic heterocycles. The quantitative estimate of drug-likeness (QED) is 0.303. The molecule has 3 fully saturated rings. The van der Waals surface area contributed by atoms with Gasteiger partial charge in [-0.15, -0.1) is 24.0 Å². The minimum Gasteiger partial charge on any atom is -0.355 e. The number of halogens is 1. The number of hydrogen-bond donors (Lipinski definition) is 2. The zero-order valence-electron chi connectivity index (χ0n) is 20.1. The minimum absolute atomic E-state index is 0. The molecule has 2 heterocycles. The molecule has 1 amide bonds. The molecule has 8 heteroatoms. The Balaban J connectivity index is 0.00000341. The van der Waals surface area contributed by atoms with Crippen LogP contribution in [-0.2, 0) is 4.79 Å². The van der Waals surface area contributed by atoms with E-state index in [1.54, 1.807) is 0 Å². The Morgan fingerprint density at radius 1 is 1.03 bits per heavy atom. The Morgan fingerprint density at radius 2 is 1.71 bits per heavy atom. The number of likely N-dealkylation sites (tertiary alicyclic amines) is 1. The largest absolute Gasteiger partial charge is 0.355 e. The molecule has 0 spiro atoms. The second-order valence-corrected chi connectivity index (χ2v) is 9.85. The summed E-state index contributed by atoms with van der Waals surface area (Å²) in [6.45, 7) is 11.8. The lowest BCUT2D eigenvalue weighted by Crippen LogP contribution is -2.55. The van der Waals surface area contributed by atoms with E-state index in [1.165, 1.54) is 19.3 Å². The zero-order chi connectivity index (χ0) is 21.5. The number of guanidine groups is 1. The number of aliphatic imine (C=N–C) groups is 1. The van der Waals surface area contributed by atoms with Gasteiger partial charge in [0.1, 0.15) is 0 Å². The lowest BCUT2D eigenvalue weighted by atomic mass is 9.88. The van der Waals surface area contributed by atoms with Crippen LogP contribution in [-0.4, -0.2) is 98.6 Å². The van der Waals surface area contributed by atoms with Crippen LogP contribution in [0.1, 0.15) is 52.4 Å². The first-order valence-electron chi connectivity index (χ1n) is 12.2. The summed E-state index contributed by atoms with van der Waals surface area (Å²) in [7, 11) is 4.05. The summed E-state index contributed by atoms with van der Waals surface area (Å²) in [6, 6.07) is 0.801. The van der Waals surface area contributed by atoms with Crippen LogP contribution in [0.25, 0.3) is 0 Å². The highest BCUT2D eigenvalue weighted by Crippen LogP contribution is 2.26. The van der Waals surface area contributed by atoms with Crippen molar-refractivity contribution >= 4 is 35.8 Å². The highest BCUT2D eigenvalue weighted by molar-refractivity contribution is 14.0. The Morgan fingerprint density at radius 3 is 2.32 bits per heavy atom. The predicted octanol–water partition coefficient (Wildman–Crippen LogP) is 2.22. The van der Waals surface area contributed by atoms with E-state index in [0.29, 0.717) is 23.9 Å². The summed E-state index contributed by atoms with van der Waals surface area (Å²) in [5.74, 6) is 2.11. The van der Waals surface area contributed by atoms with Crippen LogP contribution in [0.2, 0.25) is 0 Å². The Bertz CT molecular complexity index is 572. The van der Waals surface area contributed by atoms with Crippen LogP contribution in [0, 0.1) is 11.8 Å². The highest BCUT2D eigenvalue weighted by atomic mass is 127. The van der Waals surface area contributed by atoms with E-state index in [0.717, 1.165) is 71.0 Å². The normalized spacial score (nSPS) is 25.4. The van der Waals surface area contributed by atoms with Gasteiger partial charge < -0.3 is 20.4 Å². The van der Waals surface area contributed by atoms with Crippen molar-refractivity contribution in [2.75, 3.05) is 59.9 Å². The molecule has 2 saturated heterocycles. The number of carbonyl (C=O) groups excluding carboxylic acids is 1. The van der Waals surface area contributed by atoms with Crippen LogP contribution in [0.3, 0.4) is 0 Å². The van der Waals surface area contributed by atoms with Crippen molar-refractivity contribution < 1.29 is 4.79 Å². The molecule has 2 atom stereocenters. The summed E-state index contributed by atoms with van der Waals surface area (Å²) in [6.07, 6.45) is 6.89. The summed E-state index contributed by atoms with van der Waals surface area (Å²) < 4.78 is 0. The van der Waals surface area contributed by atoms with Gasteiger partial charge in [-0.1, -0.05) is 33.1 Å². The topological polar surface area (TPSA) is 63.2 Å². The summed E-state index contributed by atoms with van der Waals surface area (Å²) in [5.41, 5.74) is 0. The van der Waals surface area contributed by atoms with E-state index in [1.807, 2.05) is 7.05 Å². The number of nitrogens with one attached hydrogen (secondary N) is 2. The number of likely N-dealkylation sites (N-methyl/N-ethyl adjacent to an activating group) is 1. The third kappa shape index (κ3) is 7.74. The Kier molecular flexibility index (Phi) is 11.3. The number of hydrogen-bond acceptors (Lipinski definition) is 4. The van der Waals surface area contributed by atoms with Crippen LogP contribution < -0.4 is 10.6 Å². The molecule has 7 nitrogen and oxygen atoms in total. The molecule has 0 bridgehead atoms. The fourth-order valence-electron chi connectivity index (χ4n) is 5.22. The Hall–Kier alpha value is -0.610. The summed E-state index contributed by atoms with van der Waals surface area (Å²) in [5, 5.41) is 7.15. The van der Waals surface area contributed by atoms with Crippen molar-refractivity contribution in [2.24, 2.45) is 16.8 Å². The number of rotatable bonds is 6. The Labute approximate surface area is 206 Å². The van der Waals surface area contributed by atoms with Gasteiger partial charge in [0.25, 0.3) is 0 Å². The van der Waals surface area contributed by atoms with E-state index in [9.17, 15) is 4.79 Å². The lowest BCUT2D eigenvalue weighted by molar-refractivity contribution is -0.135. The second-order valence-electron chi connectivity index (χ2n) is 9.85. The van der Waals surface area contributed by atoms with E-state index in [4.69, 9.17) is 0 Å². The van der Waals surface area contributed by atoms with Gasteiger partial charge >= 0.3 is 0 Å². The molecule has 2 N–H and O–H groups in total. The minimum atomic E-state index is 0. The van der Waals surface area contributed by atoms with Crippen molar-refractivity contribution in [1.29, 1.82) is 0 Å². The molecular formula is C23H45IN6O. The SMILES string of the molecule is CN=C(NCC(C(C)C)N1CCN(C)CC1)NC1CCN(C(=O)C2CCCCC2)C1.I. The zero-order valence-corrected chi connectivity index (χ0v) is 22.4. The molecule has 0 radical (unpaired) electrons. The lowest BCUT2D eigenvalue weighted by Gasteiger charge is -2.40. The number of piperazine rings is 1. The molecule has 180 valence electrons. The molecular weight excluding hydrogens is 503 g/mol. The van der Waals surface area contributed by atoms with Gasteiger partial charge in [0.15, 0.2) is 5.96 Å². The van der Waals surface area contributed by atoms with Gasteiger partial charge in [-0.05, 0) is 32.2 Å². The maximum absolute atomic E-state index is 12.8. The van der Waals surface area contributed by atoms with E-state index >= 15 is 0 Å². The van der Waals surface area contributed by atoms with Gasteiger partial charge in [0, 0.05) is 70.9 Å². The van der Waals surface area contributed by atoms with Crippen molar-refractivity contribution in [3.05, 3.63) is 0 Å². The van der Waals surface area contributed by atoms with Crippen molar-refractivity contribution in [3.63, 3.8) is 0 Å². The molecule has 0 aromatic rings. The van der Waals surface area contributed by atoms with Crippen LogP contribution in [0.15, 0.2) is 4.99 Å². The van der Waals surface area contributed by atoms with Gasteiger partial charge in [-0.3, -0.25) is 14.7 Å². The monoisotopic (exact) mass is 548 g/mol. The molecule has 31 heavy (non-hydrogen) atoms. The maximum atomic E-state index is 12.8. The standard InChI is InChI=1S/C23H44N6O.HI/c1-18(2)21(28-14-12-27(4)13-15-28)16-25-23(24-3)26-20-10-11-29(17-20)22(30)19-8-6-5-7-9-19;/h18-21H,5-17H2,1-4H3,(H2,24,25,26);1H. The first-order valence-corrected chi connectivity index (χ1v) is 12.2. The van der Waals surface area contributed by atoms with Crippen molar-refractivity contribution in [2.45, 2.75) is 64.5 Å². The van der Waals surface area contributed by atoms with E-state index in [-0.39, 0.29) is 29.9 Å².